The van der Waals surface area contributed by atoms with Gasteiger partial charge in [-0.1, -0.05) is 13.0 Å². The van der Waals surface area contributed by atoms with Gasteiger partial charge in [-0.15, -0.1) is 11.3 Å². The molecule has 0 aliphatic carbocycles. The number of carbonyl (C=O) groups is 1. The molecule has 0 aliphatic heterocycles. The van der Waals surface area contributed by atoms with E-state index >= 15 is 0 Å². The highest BCUT2D eigenvalue weighted by molar-refractivity contribution is 7.13. The highest BCUT2D eigenvalue weighted by Gasteiger charge is 2.21. The second-order valence-corrected chi connectivity index (χ2v) is 5.62. The van der Waals surface area contributed by atoms with Crippen molar-refractivity contribution in [2.75, 3.05) is 11.9 Å². The molecule has 0 bridgehead atoms. The number of nitrogens with zero attached hydrogens (tertiary/aromatic N) is 1. The molecule has 2 aromatic rings. The van der Waals surface area contributed by atoms with Gasteiger partial charge in [0.25, 0.3) is 5.91 Å². The summed E-state index contributed by atoms with van der Waals surface area (Å²) in [5.41, 5.74) is 1.08. The minimum Gasteiger partial charge on any atom is -0.490 e. The fourth-order valence-corrected chi connectivity index (χ4v) is 2.46. The molecule has 0 saturated heterocycles. The summed E-state index contributed by atoms with van der Waals surface area (Å²) in [7, 11) is 0. The maximum Gasteiger partial charge on any atom is 0.267 e. The van der Waals surface area contributed by atoms with Crippen molar-refractivity contribution in [3.05, 3.63) is 35.3 Å². The van der Waals surface area contributed by atoms with E-state index < -0.39 is 6.10 Å². The molecule has 0 radical (unpaired) electrons. The smallest absolute Gasteiger partial charge is 0.267 e. The largest absolute Gasteiger partial charge is 0.490 e. The first-order valence-electron chi connectivity index (χ1n) is 7.24. The van der Waals surface area contributed by atoms with E-state index in [4.69, 9.17) is 9.47 Å². The number of hydrogen-bond donors (Lipinski definition) is 1. The lowest BCUT2D eigenvalue weighted by Gasteiger charge is -2.19. The van der Waals surface area contributed by atoms with Crippen LogP contribution in [0.3, 0.4) is 0 Å². The van der Waals surface area contributed by atoms with Crippen molar-refractivity contribution in [2.45, 2.75) is 33.3 Å². The van der Waals surface area contributed by atoms with Gasteiger partial charge in [-0.3, -0.25) is 10.1 Å². The summed E-state index contributed by atoms with van der Waals surface area (Å²) in [6.45, 7) is 6.35. The molecule has 0 spiro atoms. The molecule has 0 fully saturated rings. The SMILES string of the molecule is CCOc1cc(C)ccc1O[C@@H](CC)C(=O)Nc1nccs1. The van der Waals surface area contributed by atoms with Gasteiger partial charge >= 0.3 is 0 Å². The molecule has 1 aromatic heterocycles. The molecule has 5 nitrogen and oxygen atoms in total. The Morgan fingerprint density at radius 1 is 1.36 bits per heavy atom. The number of carbonyl (C=O) groups excluding carboxylic acids is 1. The van der Waals surface area contributed by atoms with Crippen LogP contribution < -0.4 is 14.8 Å². The summed E-state index contributed by atoms with van der Waals surface area (Å²) in [5, 5.41) is 5.14. The average Bonchev–Trinajstić information content (AvgIpc) is 2.99. The molecule has 1 atom stereocenters. The maximum absolute atomic E-state index is 12.3. The van der Waals surface area contributed by atoms with E-state index in [9.17, 15) is 4.79 Å². The van der Waals surface area contributed by atoms with Gasteiger partial charge in [0, 0.05) is 11.6 Å². The third kappa shape index (κ3) is 4.21. The van der Waals surface area contributed by atoms with Crippen LogP contribution in [0.2, 0.25) is 0 Å². The molecule has 1 amide bonds. The van der Waals surface area contributed by atoms with Gasteiger partial charge in [0.2, 0.25) is 0 Å². The van der Waals surface area contributed by atoms with E-state index in [-0.39, 0.29) is 5.91 Å². The van der Waals surface area contributed by atoms with Crippen molar-refractivity contribution in [3.8, 4) is 11.5 Å². The van der Waals surface area contributed by atoms with Crippen molar-refractivity contribution in [1.29, 1.82) is 0 Å². The zero-order chi connectivity index (χ0) is 15.9. The Balaban J connectivity index is 2.10. The van der Waals surface area contributed by atoms with Gasteiger partial charge in [-0.2, -0.15) is 0 Å². The van der Waals surface area contributed by atoms with Crippen LogP contribution in [0, 0.1) is 6.92 Å². The van der Waals surface area contributed by atoms with Crippen molar-refractivity contribution in [3.63, 3.8) is 0 Å². The number of aromatic nitrogens is 1. The lowest BCUT2D eigenvalue weighted by molar-refractivity contribution is -0.122. The molecule has 6 heteroatoms. The van der Waals surface area contributed by atoms with E-state index in [1.54, 1.807) is 6.20 Å². The number of nitrogens with one attached hydrogen (secondary N) is 1. The van der Waals surface area contributed by atoms with Crippen LogP contribution in [0.5, 0.6) is 11.5 Å². The minimum atomic E-state index is -0.592. The molecule has 0 unspecified atom stereocenters. The van der Waals surface area contributed by atoms with Gasteiger partial charge in [-0.05, 0) is 38.0 Å². The van der Waals surface area contributed by atoms with Gasteiger partial charge in [0.05, 0.1) is 6.61 Å². The lowest BCUT2D eigenvalue weighted by Crippen LogP contribution is -2.32. The van der Waals surface area contributed by atoms with E-state index in [2.05, 4.69) is 10.3 Å². The number of rotatable bonds is 7. The van der Waals surface area contributed by atoms with Crippen LogP contribution in [0.1, 0.15) is 25.8 Å². The Bertz CT molecular complexity index is 614. The Morgan fingerprint density at radius 3 is 2.82 bits per heavy atom. The molecule has 118 valence electrons. The molecule has 1 aromatic carbocycles. The molecule has 1 N–H and O–H groups in total. The summed E-state index contributed by atoms with van der Waals surface area (Å²) >= 11 is 1.38. The van der Waals surface area contributed by atoms with Gasteiger partial charge in [0.15, 0.2) is 22.7 Å². The Kier molecular flexibility index (Phi) is 5.77. The fourth-order valence-electron chi connectivity index (χ4n) is 1.93. The Morgan fingerprint density at radius 2 is 2.18 bits per heavy atom. The predicted molar refractivity (Wildman–Crippen MR) is 87.8 cm³/mol. The first-order chi connectivity index (χ1) is 10.6. The standard InChI is InChI=1S/C16H20N2O3S/c1-4-12(15(19)18-16-17-8-9-22-16)21-13-7-6-11(3)10-14(13)20-5-2/h6-10,12H,4-5H2,1-3H3,(H,17,18,19)/t12-/m0/s1. The van der Waals surface area contributed by atoms with Crippen LogP contribution in [0.25, 0.3) is 0 Å². The number of aryl methyl sites for hydroxylation is 1. The van der Waals surface area contributed by atoms with Gasteiger partial charge in [0.1, 0.15) is 0 Å². The van der Waals surface area contributed by atoms with Crippen LogP contribution in [0.4, 0.5) is 5.13 Å². The second kappa shape index (κ2) is 7.79. The van der Waals surface area contributed by atoms with Crippen molar-refractivity contribution in [2.24, 2.45) is 0 Å². The van der Waals surface area contributed by atoms with E-state index in [0.29, 0.717) is 29.7 Å². The fraction of sp³-hybridized carbons (Fsp3) is 0.375. The second-order valence-electron chi connectivity index (χ2n) is 4.72. The number of thiazole rings is 1. The average molecular weight is 320 g/mol. The van der Waals surface area contributed by atoms with Crippen molar-refractivity contribution in [1.82, 2.24) is 4.98 Å². The predicted octanol–water partition coefficient (Wildman–Crippen LogP) is 3.65. The molecule has 0 aliphatic rings. The van der Waals surface area contributed by atoms with Crippen LogP contribution in [0.15, 0.2) is 29.8 Å². The zero-order valence-corrected chi connectivity index (χ0v) is 13.8. The Labute approximate surface area is 134 Å². The molecule has 2 rings (SSSR count). The number of ether oxygens (including phenoxy) is 2. The van der Waals surface area contributed by atoms with E-state index in [1.165, 1.54) is 11.3 Å². The maximum atomic E-state index is 12.3. The molecule has 1 heterocycles. The Hall–Kier alpha value is -2.08. The number of amides is 1. The van der Waals surface area contributed by atoms with E-state index in [1.807, 2.05) is 44.4 Å². The number of anilines is 1. The first kappa shape index (κ1) is 16.3. The normalized spacial score (nSPS) is 11.8. The molecule has 0 saturated carbocycles. The third-order valence-corrected chi connectivity index (χ3v) is 3.68. The monoisotopic (exact) mass is 320 g/mol. The summed E-state index contributed by atoms with van der Waals surface area (Å²) < 4.78 is 11.4. The molecule has 22 heavy (non-hydrogen) atoms. The van der Waals surface area contributed by atoms with Gasteiger partial charge < -0.3 is 9.47 Å². The van der Waals surface area contributed by atoms with Crippen LogP contribution >= 0.6 is 11.3 Å². The lowest BCUT2D eigenvalue weighted by atomic mass is 10.2. The minimum absolute atomic E-state index is 0.208. The van der Waals surface area contributed by atoms with Gasteiger partial charge in [-0.25, -0.2) is 4.98 Å². The number of benzene rings is 1. The molecular weight excluding hydrogens is 300 g/mol. The first-order valence-corrected chi connectivity index (χ1v) is 8.12. The van der Waals surface area contributed by atoms with E-state index in [0.717, 1.165) is 5.56 Å². The van der Waals surface area contributed by atoms with Crippen molar-refractivity contribution >= 4 is 22.4 Å². The third-order valence-electron chi connectivity index (χ3n) is 2.99. The summed E-state index contributed by atoms with van der Waals surface area (Å²) in [6, 6.07) is 5.67. The molecular formula is C16H20N2O3S. The summed E-state index contributed by atoms with van der Waals surface area (Å²) in [4.78, 5) is 16.3. The summed E-state index contributed by atoms with van der Waals surface area (Å²) in [6.07, 6.45) is 1.61. The number of hydrogen-bond acceptors (Lipinski definition) is 5. The highest BCUT2D eigenvalue weighted by atomic mass is 32.1. The topological polar surface area (TPSA) is 60.5 Å². The zero-order valence-electron chi connectivity index (χ0n) is 13.0. The van der Waals surface area contributed by atoms with Crippen molar-refractivity contribution < 1.29 is 14.3 Å². The quantitative estimate of drug-likeness (QED) is 0.846. The van der Waals surface area contributed by atoms with Crippen LogP contribution in [-0.2, 0) is 4.79 Å². The highest BCUT2D eigenvalue weighted by Crippen LogP contribution is 2.29. The summed E-state index contributed by atoms with van der Waals surface area (Å²) in [5.74, 6) is 1.03. The van der Waals surface area contributed by atoms with Crippen LogP contribution in [-0.4, -0.2) is 23.6 Å².